The van der Waals surface area contributed by atoms with Gasteiger partial charge in [-0.15, -0.1) is 0 Å². The molecule has 1 unspecified atom stereocenters. The Morgan fingerprint density at radius 3 is 2.11 bits per heavy atom. The van der Waals surface area contributed by atoms with Crippen molar-refractivity contribution in [1.29, 1.82) is 0 Å². The lowest BCUT2D eigenvalue weighted by molar-refractivity contribution is -0.131. The first kappa shape index (κ1) is 23.3. The van der Waals surface area contributed by atoms with E-state index in [0.717, 1.165) is 5.56 Å². The molecular weight excluding hydrogens is 452 g/mol. The van der Waals surface area contributed by atoms with Gasteiger partial charge in [0, 0.05) is 24.5 Å². The number of fused-ring (bicyclic) bond motifs is 2. The fourth-order valence-corrected chi connectivity index (χ4v) is 4.53. The van der Waals surface area contributed by atoms with Crippen LogP contribution in [0, 0.1) is 0 Å². The number of aromatic hydroxyl groups is 1. The molecule has 3 aliphatic heterocycles. The first-order valence-electron chi connectivity index (χ1n) is 11.5. The number of cyclic esters (lactones) is 1. The maximum absolute atomic E-state index is 12.7. The number of rotatable bonds is 4. The van der Waals surface area contributed by atoms with Crippen LogP contribution in [0.5, 0.6) is 17.2 Å². The van der Waals surface area contributed by atoms with Gasteiger partial charge in [0.2, 0.25) is 0 Å². The van der Waals surface area contributed by atoms with E-state index in [9.17, 15) is 25.2 Å². The molecule has 0 bridgehead atoms. The third-order valence-corrected chi connectivity index (χ3v) is 6.63. The van der Waals surface area contributed by atoms with E-state index < -0.39 is 23.3 Å². The van der Waals surface area contributed by atoms with Gasteiger partial charge in [0.25, 0.3) is 0 Å². The van der Waals surface area contributed by atoms with Crippen LogP contribution in [0.1, 0.15) is 49.9 Å². The predicted molar refractivity (Wildman–Crippen MR) is 127 cm³/mol. The molecule has 4 N–H and O–H groups in total. The van der Waals surface area contributed by atoms with Crippen LogP contribution in [0.25, 0.3) is 11.6 Å². The second-order valence-electron chi connectivity index (χ2n) is 10.4. The first-order valence-corrected chi connectivity index (χ1v) is 11.5. The van der Waals surface area contributed by atoms with E-state index in [4.69, 9.17) is 14.2 Å². The molecule has 8 nitrogen and oxygen atoms in total. The van der Waals surface area contributed by atoms with Gasteiger partial charge in [-0.1, -0.05) is 6.07 Å². The van der Waals surface area contributed by atoms with Gasteiger partial charge in [-0.2, -0.15) is 0 Å². The van der Waals surface area contributed by atoms with Gasteiger partial charge < -0.3 is 34.6 Å². The zero-order valence-electron chi connectivity index (χ0n) is 20.0. The van der Waals surface area contributed by atoms with Crippen LogP contribution in [0.3, 0.4) is 0 Å². The molecule has 35 heavy (non-hydrogen) atoms. The van der Waals surface area contributed by atoms with E-state index in [2.05, 4.69) is 0 Å². The van der Waals surface area contributed by atoms with Crippen molar-refractivity contribution < 1.29 is 39.4 Å². The average molecular weight is 481 g/mol. The molecule has 0 aromatic heterocycles. The average Bonchev–Trinajstić information content (AvgIpc) is 3.42. The van der Waals surface area contributed by atoms with E-state index in [0.29, 0.717) is 35.5 Å². The Balaban J connectivity index is 1.45. The highest BCUT2D eigenvalue weighted by atomic mass is 16.6. The van der Waals surface area contributed by atoms with E-state index in [1.165, 1.54) is 12.1 Å². The Kier molecular flexibility index (Phi) is 5.16. The van der Waals surface area contributed by atoms with Crippen molar-refractivity contribution in [2.24, 2.45) is 0 Å². The second-order valence-corrected chi connectivity index (χ2v) is 10.4. The van der Waals surface area contributed by atoms with E-state index in [1.54, 1.807) is 45.9 Å². The van der Waals surface area contributed by atoms with Gasteiger partial charge in [-0.05, 0) is 68.7 Å². The molecule has 0 radical (unpaired) electrons. The van der Waals surface area contributed by atoms with Crippen LogP contribution in [-0.2, 0) is 22.4 Å². The Morgan fingerprint density at radius 1 is 0.886 bits per heavy atom. The number of benzene rings is 2. The van der Waals surface area contributed by atoms with Gasteiger partial charge in [0.15, 0.2) is 11.5 Å². The van der Waals surface area contributed by atoms with Crippen LogP contribution in [-0.4, -0.2) is 49.8 Å². The Hall–Kier alpha value is -3.49. The number of phenols is 1. The minimum atomic E-state index is -1.09. The number of esters is 1. The normalized spacial score (nSPS) is 22.7. The zero-order chi connectivity index (χ0) is 25.3. The van der Waals surface area contributed by atoms with Gasteiger partial charge in [0.05, 0.1) is 11.2 Å². The number of phenolic OH excluding ortho intramolecular Hbond substituents is 1. The summed E-state index contributed by atoms with van der Waals surface area (Å²) < 4.78 is 16.9. The quantitative estimate of drug-likeness (QED) is 0.491. The molecule has 8 heteroatoms. The van der Waals surface area contributed by atoms with Crippen molar-refractivity contribution in [3.8, 4) is 17.2 Å². The van der Waals surface area contributed by atoms with Gasteiger partial charge >= 0.3 is 5.97 Å². The lowest BCUT2D eigenvalue weighted by atomic mass is 9.95. The van der Waals surface area contributed by atoms with Gasteiger partial charge in [-0.3, -0.25) is 0 Å². The molecule has 0 saturated heterocycles. The van der Waals surface area contributed by atoms with Crippen molar-refractivity contribution in [2.75, 3.05) is 0 Å². The SMILES string of the molecule is CC(C)(O)C1Cc2cc(C3=C(O)/C(=C/c4ccc5c(c4)C[C@H](C(C)(C)O)O5)OC3=O)c(O)cc2O1. The first-order chi connectivity index (χ1) is 16.3. The molecule has 3 heterocycles. The molecule has 0 spiro atoms. The predicted octanol–water partition coefficient (Wildman–Crippen LogP) is 3.41. The van der Waals surface area contributed by atoms with E-state index >= 15 is 0 Å². The standard InChI is InChI=1S/C27H28O8/c1-26(2,31)21-10-14-7-13(5-6-18(14)33-21)8-20-24(29)23(25(30)35-20)16-9-15-11-22(27(3,4)32)34-19(15)12-17(16)28/h5-9,12,21-22,28-29,31-32H,10-11H2,1-4H3/b20-8-/t21-,22?/m1/s1. The van der Waals surface area contributed by atoms with Crippen molar-refractivity contribution in [3.05, 3.63) is 64.1 Å². The number of carbonyl (C=O) groups is 1. The summed E-state index contributed by atoms with van der Waals surface area (Å²) in [4.78, 5) is 12.7. The van der Waals surface area contributed by atoms with Crippen molar-refractivity contribution in [3.63, 3.8) is 0 Å². The number of carbonyl (C=O) groups excluding carboxylic acids is 1. The molecular formula is C27H28O8. The second kappa shape index (κ2) is 7.76. The number of hydrogen-bond acceptors (Lipinski definition) is 8. The van der Waals surface area contributed by atoms with E-state index in [1.807, 2.05) is 6.07 Å². The smallest absolute Gasteiger partial charge is 0.348 e. The van der Waals surface area contributed by atoms with Crippen molar-refractivity contribution in [1.82, 2.24) is 0 Å². The lowest BCUT2D eigenvalue weighted by Gasteiger charge is -2.24. The molecule has 3 aliphatic rings. The molecule has 0 amide bonds. The molecule has 0 saturated carbocycles. The van der Waals surface area contributed by atoms with Crippen LogP contribution < -0.4 is 9.47 Å². The van der Waals surface area contributed by atoms with Crippen LogP contribution in [0.2, 0.25) is 0 Å². The van der Waals surface area contributed by atoms with Crippen LogP contribution in [0.15, 0.2) is 41.9 Å². The Bertz CT molecular complexity index is 1290. The molecule has 2 aromatic rings. The Labute approximate surface area is 202 Å². The monoisotopic (exact) mass is 480 g/mol. The van der Waals surface area contributed by atoms with Gasteiger partial charge in [-0.25, -0.2) is 4.79 Å². The zero-order valence-corrected chi connectivity index (χ0v) is 20.0. The summed E-state index contributed by atoms with van der Waals surface area (Å²) in [7, 11) is 0. The number of aliphatic hydroxyl groups excluding tert-OH is 1. The van der Waals surface area contributed by atoms with Crippen molar-refractivity contribution in [2.45, 2.75) is 63.9 Å². The lowest BCUT2D eigenvalue weighted by Crippen LogP contribution is -2.39. The van der Waals surface area contributed by atoms with Crippen LogP contribution in [0.4, 0.5) is 0 Å². The highest BCUT2D eigenvalue weighted by molar-refractivity contribution is 6.21. The highest BCUT2D eigenvalue weighted by Gasteiger charge is 2.38. The largest absolute Gasteiger partial charge is 0.507 e. The number of ether oxygens (including phenoxy) is 3. The summed E-state index contributed by atoms with van der Waals surface area (Å²) in [6.45, 7) is 6.67. The Morgan fingerprint density at radius 2 is 1.49 bits per heavy atom. The number of aliphatic hydroxyl groups is 3. The maximum atomic E-state index is 12.7. The van der Waals surface area contributed by atoms with E-state index in [-0.39, 0.29) is 34.5 Å². The fraction of sp³-hybridized carbons (Fsp3) is 0.370. The molecule has 2 atom stereocenters. The summed E-state index contributed by atoms with van der Waals surface area (Å²) in [5.74, 6) is -0.341. The molecule has 5 rings (SSSR count). The summed E-state index contributed by atoms with van der Waals surface area (Å²) in [6.07, 6.45) is 1.59. The molecule has 0 aliphatic carbocycles. The summed E-state index contributed by atoms with van der Waals surface area (Å²) in [6, 6.07) is 8.35. The fourth-order valence-electron chi connectivity index (χ4n) is 4.53. The maximum Gasteiger partial charge on any atom is 0.348 e. The van der Waals surface area contributed by atoms with Crippen LogP contribution >= 0.6 is 0 Å². The molecule has 184 valence electrons. The number of hydrogen-bond donors (Lipinski definition) is 4. The molecule has 2 aromatic carbocycles. The summed E-state index contributed by atoms with van der Waals surface area (Å²) >= 11 is 0. The third-order valence-electron chi connectivity index (χ3n) is 6.63. The summed E-state index contributed by atoms with van der Waals surface area (Å²) in [5, 5.41) is 42.0. The van der Waals surface area contributed by atoms with Gasteiger partial charge in [0.1, 0.15) is 35.0 Å². The minimum Gasteiger partial charge on any atom is -0.507 e. The summed E-state index contributed by atoms with van der Waals surface area (Å²) in [5.41, 5.74) is 0.183. The highest BCUT2D eigenvalue weighted by Crippen LogP contribution is 2.43. The topological polar surface area (TPSA) is 126 Å². The molecule has 0 fully saturated rings. The van der Waals surface area contributed by atoms with Crippen molar-refractivity contribution >= 4 is 17.6 Å². The third kappa shape index (κ3) is 4.13. The minimum absolute atomic E-state index is 0.0339.